The summed E-state index contributed by atoms with van der Waals surface area (Å²) in [6.07, 6.45) is 0.688. The van der Waals surface area contributed by atoms with E-state index in [-0.39, 0.29) is 24.4 Å². The number of carbonyl (C=O) groups is 1. The molecular formula is C24H25N5O4S. The average Bonchev–Trinajstić information content (AvgIpc) is 3.46. The van der Waals surface area contributed by atoms with E-state index in [2.05, 4.69) is 21.4 Å². The van der Waals surface area contributed by atoms with Crippen LogP contribution in [0.4, 0.5) is 0 Å². The van der Waals surface area contributed by atoms with Gasteiger partial charge in [-0.3, -0.25) is 4.79 Å². The number of aromatic nitrogens is 2. The summed E-state index contributed by atoms with van der Waals surface area (Å²) >= 11 is 0. The zero-order chi connectivity index (χ0) is 24.5. The molecule has 2 aromatic carbocycles. The largest absolute Gasteiger partial charge is 0.392 e. The first kappa shape index (κ1) is 23.6. The predicted molar refractivity (Wildman–Crippen MR) is 125 cm³/mol. The number of hydrogen-bond donors (Lipinski definition) is 3. The molecule has 0 aliphatic carbocycles. The first-order valence-corrected chi connectivity index (χ1v) is 12.2. The third-order valence-corrected chi connectivity index (χ3v) is 7.85. The highest BCUT2D eigenvalue weighted by molar-refractivity contribution is 7.89. The fourth-order valence-corrected chi connectivity index (χ4v) is 5.66. The summed E-state index contributed by atoms with van der Waals surface area (Å²) in [7, 11) is -3.96. The van der Waals surface area contributed by atoms with Crippen molar-refractivity contribution in [3.8, 4) is 17.3 Å². The zero-order valence-corrected chi connectivity index (χ0v) is 19.6. The molecule has 0 saturated carbocycles. The van der Waals surface area contributed by atoms with Gasteiger partial charge in [0.2, 0.25) is 15.9 Å². The van der Waals surface area contributed by atoms with Crippen molar-refractivity contribution in [3.63, 3.8) is 0 Å². The fourth-order valence-electron chi connectivity index (χ4n) is 3.94. The summed E-state index contributed by atoms with van der Waals surface area (Å²) in [4.78, 5) is 20.4. The highest BCUT2D eigenvalue weighted by Gasteiger charge is 2.43. The molecule has 0 spiro atoms. The second-order valence-corrected chi connectivity index (χ2v) is 10.3. The molecule has 3 aromatic rings. The van der Waals surface area contributed by atoms with E-state index in [1.165, 1.54) is 6.07 Å². The van der Waals surface area contributed by atoms with Crippen molar-refractivity contribution in [3.05, 3.63) is 71.2 Å². The van der Waals surface area contributed by atoms with Gasteiger partial charge in [-0.15, -0.1) is 0 Å². The lowest BCUT2D eigenvalue weighted by atomic mass is 10.1. The van der Waals surface area contributed by atoms with Crippen LogP contribution in [0.1, 0.15) is 28.9 Å². The van der Waals surface area contributed by atoms with Crippen molar-refractivity contribution in [2.24, 2.45) is 0 Å². The molecule has 10 heteroatoms. The van der Waals surface area contributed by atoms with Crippen LogP contribution in [0.2, 0.25) is 0 Å². The molecule has 1 aliphatic rings. The standard InChI is InChI=1S/C24H25N5O4S/c1-15-6-7-20(8-16(15)2)34(32,33)29-14-19(30)10-22(29)24(31)27-13-23-26-12-21(28-23)18-5-3-4-17(9-18)11-25/h3-9,12,19,22,30H,10,13-14H2,1-2H3,(H,26,28)(H,27,31)/t19?,22-/m0/s1. The van der Waals surface area contributed by atoms with Crippen LogP contribution < -0.4 is 5.32 Å². The van der Waals surface area contributed by atoms with Gasteiger partial charge in [0.1, 0.15) is 11.9 Å². The number of imidazole rings is 1. The Morgan fingerprint density at radius 3 is 2.79 bits per heavy atom. The number of nitrogens with zero attached hydrogens (tertiary/aromatic N) is 3. The number of amides is 1. The number of aliphatic hydroxyl groups excluding tert-OH is 1. The molecule has 1 unspecified atom stereocenters. The molecule has 34 heavy (non-hydrogen) atoms. The highest BCUT2D eigenvalue weighted by Crippen LogP contribution is 2.28. The van der Waals surface area contributed by atoms with Crippen LogP contribution in [0.5, 0.6) is 0 Å². The van der Waals surface area contributed by atoms with E-state index in [9.17, 15) is 18.3 Å². The third kappa shape index (κ3) is 4.72. The normalized spacial score (nSPS) is 18.5. The van der Waals surface area contributed by atoms with Gasteiger partial charge in [-0.25, -0.2) is 13.4 Å². The van der Waals surface area contributed by atoms with Gasteiger partial charge in [-0.1, -0.05) is 18.2 Å². The van der Waals surface area contributed by atoms with Gasteiger partial charge in [0.25, 0.3) is 0 Å². The Hall–Kier alpha value is -3.52. The van der Waals surface area contributed by atoms with Crippen LogP contribution in [0.25, 0.3) is 11.3 Å². The minimum absolute atomic E-state index is 0.0142. The molecule has 2 atom stereocenters. The molecule has 9 nitrogen and oxygen atoms in total. The number of carbonyl (C=O) groups excluding carboxylic acids is 1. The Labute approximate surface area is 198 Å². The molecule has 1 aliphatic heterocycles. The Bertz CT molecular complexity index is 1380. The lowest BCUT2D eigenvalue weighted by Gasteiger charge is -2.23. The zero-order valence-electron chi connectivity index (χ0n) is 18.8. The van der Waals surface area contributed by atoms with E-state index < -0.39 is 28.1 Å². The van der Waals surface area contributed by atoms with Crippen molar-refractivity contribution in [1.29, 1.82) is 5.26 Å². The second kappa shape index (κ2) is 9.38. The molecule has 4 rings (SSSR count). The number of sulfonamides is 1. The third-order valence-electron chi connectivity index (χ3n) is 5.98. The van der Waals surface area contributed by atoms with Crippen molar-refractivity contribution < 1.29 is 18.3 Å². The van der Waals surface area contributed by atoms with Gasteiger partial charge >= 0.3 is 0 Å². The Morgan fingerprint density at radius 2 is 2.06 bits per heavy atom. The monoisotopic (exact) mass is 479 g/mol. The van der Waals surface area contributed by atoms with E-state index in [0.29, 0.717) is 17.1 Å². The van der Waals surface area contributed by atoms with Crippen molar-refractivity contribution in [2.45, 2.75) is 43.9 Å². The fraction of sp³-hybridized carbons (Fsp3) is 0.292. The molecule has 2 heterocycles. The lowest BCUT2D eigenvalue weighted by Crippen LogP contribution is -2.45. The number of aliphatic hydroxyl groups is 1. The summed E-state index contributed by atoms with van der Waals surface area (Å²) in [6, 6.07) is 12.9. The number of aryl methyl sites for hydroxylation is 2. The Balaban J connectivity index is 1.47. The molecule has 0 bridgehead atoms. The van der Waals surface area contributed by atoms with Gasteiger partial charge in [0.05, 0.1) is 41.1 Å². The second-order valence-electron chi connectivity index (χ2n) is 8.38. The van der Waals surface area contributed by atoms with E-state index >= 15 is 0 Å². The van der Waals surface area contributed by atoms with Crippen LogP contribution in [-0.2, 0) is 21.4 Å². The molecular weight excluding hydrogens is 454 g/mol. The smallest absolute Gasteiger partial charge is 0.243 e. The maximum Gasteiger partial charge on any atom is 0.243 e. The molecule has 1 aromatic heterocycles. The summed E-state index contributed by atoms with van der Waals surface area (Å²) in [5.41, 5.74) is 3.79. The number of H-pyrrole nitrogens is 1. The number of aromatic amines is 1. The minimum Gasteiger partial charge on any atom is -0.392 e. The average molecular weight is 480 g/mol. The van der Waals surface area contributed by atoms with Crippen molar-refractivity contribution in [1.82, 2.24) is 19.6 Å². The van der Waals surface area contributed by atoms with Gasteiger partial charge in [-0.05, 0) is 49.2 Å². The first-order chi connectivity index (χ1) is 16.2. The van der Waals surface area contributed by atoms with E-state index in [1.807, 2.05) is 19.9 Å². The van der Waals surface area contributed by atoms with Crippen molar-refractivity contribution >= 4 is 15.9 Å². The lowest BCUT2D eigenvalue weighted by molar-refractivity contribution is -0.124. The SMILES string of the molecule is Cc1ccc(S(=O)(=O)N2CC(O)C[C@H]2C(=O)NCc2ncc(-c3cccc(C#N)c3)[nH]2)cc1C. The quantitative estimate of drug-likeness (QED) is 0.494. The highest BCUT2D eigenvalue weighted by atomic mass is 32.2. The summed E-state index contributed by atoms with van der Waals surface area (Å²) in [5.74, 6) is -0.0267. The van der Waals surface area contributed by atoms with Gasteiger partial charge in [0, 0.05) is 18.5 Å². The van der Waals surface area contributed by atoms with E-state index in [0.717, 1.165) is 21.0 Å². The maximum atomic E-state index is 13.2. The number of nitrogens with one attached hydrogen (secondary N) is 2. The molecule has 1 saturated heterocycles. The Kier molecular flexibility index (Phi) is 6.52. The maximum absolute atomic E-state index is 13.2. The summed E-state index contributed by atoms with van der Waals surface area (Å²) in [6.45, 7) is 3.63. The van der Waals surface area contributed by atoms with Gasteiger partial charge in [-0.2, -0.15) is 9.57 Å². The summed E-state index contributed by atoms with van der Waals surface area (Å²) in [5, 5.41) is 21.9. The number of benzene rings is 2. The molecule has 0 radical (unpaired) electrons. The van der Waals surface area contributed by atoms with Crippen LogP contribution in [0, 0.1) is 25.2 Å². The van der Waals surface area contributed by atoms with E-state index in [4.69, 9.17) is 5.26 Å². The molecule has 1 fully saturated rings. The number of hydrogen-bond acceptors (Lipinski definition) is 6. The van der Waals surface area contributed by atoms with Crippen LogP contribution in [0.3, 0.4) is 0 Å². The van der Waals surface area contributed by atoms with Crippen LogP contribution >= 0.6 is 0 Å². The first-order valence-electron chi connectivity index (χ1n) is 10.8. The summed E-state index contributed by atoms with van der Waals surface area (Å²) < 4.78 is 27.5. The number of nitriles is 1. The van der Waals surface area contributed by atoms with E-state index in [1.54, 1.807) is 36.5 Å². The van der Waals surface area contributed by atoms with Crippen molar-refractivity contribution in [2.75, 3.05) is 6.54 Å². The van der Waals surface area contributed by atoms with Crippen LogP contribution in [0.15, 0.2) is 53.6 Å². The topological polar surface area (TPSA) is 139 Å². The van der Waals surface area contributed by atoms with Gasteiger partial charge < -0.3 is 15.4 Å². The Morgan fingerprint density at radius 1 is 1.26 bits per heavy atom. The number of rotatable bonds is 6. The predicted octanol–water partition coefficient (Wildman–Crippen LogP) is 2.01. The minimum atomic E-state index is -3.96. The molecule has 3 N–H and O–H groups in total. The number of β-amino-alcohol motifs (C(OH)–C–C–N with tert-alkyl or cyclic N) is 1. The van der Waals surface area contributed by atoms with Gasteiger partial charge in [0.15, 0.2) is 0 Å². The molecule has 1 amide bonds. The molecule has 176 valence electrons. The van der Waals surface area contributed by atoms with Crippen LogP contribution in [-0.4, -0.2) is 52.4 Å².